The molecule has 1 N–H and O–H groups in total. The van der Waals surface area contributed by atoms with Gasteiger partial charge in [0.25, 0.3) is 5.91 Å². The number of piperidine rings is 1. The van der Waals surface area contributed by atoms with Gasteiger partial charge in [0.05, 0.1) is 19.3 Å². The predicted molar refractivity (Wildman–Crippen MR) is 81.3 cm³/mol. The number of hydrogen-bond acceptors (Lipinski definition) is 5. The SMILES string of the molecule is COCCOC1C(=O)N(C2CCNCC2)C1c1ccncc1. The fraction of sp³-hybridized carbons (Fsp3) is 0.625. The van der Waals surface area contributed by atoms with Crippen molar-refractivity contribution in [3.05, 3.63) is 30.1 Å². The van der Waals surface area contributed by atoms with Gasteiger partial charge in [-0.3, -0.25) is 9.78 Å². The third-order valence-electron chi connectivity index (χ3n) is 4.42. The van der Waals surface area contributed by atoms with Crippen molar-refractivity contribution >= 4 is 5.91 Å². The zero-order chi connectivity index (χ0) is 15.4. The maximum Gasteiger partial charge on any atom is 0.255 e. The molecule has 2 aliphatic heterocycles. The minimum Gasteiger partial charge on any atom is -0.382 e. The summed E-state index contributed by atoms with van der Waals surface area (Å²) in [6.45, 7) is 2.87. The van der Waals surface area contributed by atoms with E-state index in [4.69, 9.17) is 9.47 Å². The van der Waals surface area contributed by atoms with Crippen LogP contribution in [0.2, 0.25) is 0 Å². The number of nitrogens with zero attached hydrogens (tertiary/aromatic N) is 2. The number of pyridine rings is 1. The van der Waals surface area contributed by atoms with E-state index in [0.29, 0.717) is 19.3 Å². The van der Waals surface area contributed by atoms with Gasteiger partial charge < -0.3 is 19.7 Å². The Morgan fingerprint density at radius 1 is 1.27 bits per heavy atom. The molecule has 1 amide bonds. The molecule has 22 heavy (non-hydrogen) atoms. The van der Waals surface area contributed by atoms with Gasteiger partial charge in [0.1, 0.15) is 0 Å². The largest absolute Gasteiger partial charge is 0.382 e. The second-order valence-electron chi connectivity index (χ2n) is 5.74. The third-order valence-corrected chi connectivity index (χ3v) is 4.42. The number of carbonyl (C=O) groups excluding carboxylic acids is 1. The second kappa shape index (κ2) is 7.17. The van der Waals surface area contributed by atoms with E-state index in [1.807, 2.05) is 17.0 Å². The molecule has 6 nitrogen and oxygen atoms in total. The lowest BCUT2D eigenvalue weighted by atomic mass is 9.87. The van der Waals surface area contributed by atoms with Crippen molar-refractivity contribution < 1.29 is 14.3 Å². The summed E-state index contributed by atoms with van der Waals surface area (Å²) in [4.78, 5) is 18.6. The van der Waals surface area contributed by atoms with Crippen LogP contribution < -0.4 is 5.32 Å². The van der Waals surface area contributed by atoms with E-state index in [2.05, 4.69) is 10.3 Å². The molecule has 1 aromatic rings. The number of aromatic nitrogens is 1. The van der Waals surface area contributed by atoms with Crippen LogP contribution >= 0.6 is 0 Å². The van der Waals surface area contributed by atoms with E-state index in [1.165, 1.54) is 0 Å². The van der Waals surface area contributed by atoms with Crippen LogP contribution in [0.1, 0.15) is 24.4 Å². The minimum atomic E-state index is -0.396. The standard InChI is InChI=1S/C16H23N3O3/c1-21-10-11-22-15-14(12-2-6-17-7-3-12)19(16(15)20)13-4-8-18-9-5-13/h2-3,6-7,13-15,18H,4-5,8-11H2,1H3. The van der Waals surface area contributed by atoms with Crippen molar-refractivity contribution in [1.29, 1.82) is 0 Å². The van der Waals surface area contributed by atoms with E-state index in [9.17, 15) is 4.79 Å². The number of likely N-dealkylation sites (tertiary alicyclic amines) is 1. The lowest BCUT2D eigenvalue weighted by molar-refractivity contribution is -0.183. The smallest absolute Gasteiger partial charge is 0.255 e. The third kappa shape index (κ3) is 2.99. The van der Waals surface area contributed by atoms with Crippen molar-refractivity contribution in [3.8, 4) is 0 Å². The molecule has 0 radical (unpaired) electrons. The van der Waals surface area contributed by atoms with Crippen molar-refractivity contribution in [1.82, 2.24) is 15.2 Å². The fourth-order valence-electron chi connectivity index (χ4n) is 3.29. The number of hydrogen-bond donors (Lipinski definition) is 1. The summed E-state index contributed by atoms with van der Waals surface area (Å²) in [6, 6.07) is 4.24. The van der Waals surface area contributed by atoms with Crippen molar-refractivity contribution in [3.63, 3.8) is 0 Å². The highest BCUT2D eigenvalue weighted by molar-refractivity contribution is 5.89. The molecule has 2 fully saturated rings. The molecule has 0 spiro atoms. The molecule has 2 unspecified atom stereocenters. The van der Waals surface area contributed by atoms with Crippen molar-refractivity contribution in [2.24, 2.45) is 0 Å². The van der Waals surface area contributed by atoms with Crippen LogP contribution in [0.15, 0.2) is 24.5 Å². The Morgan fingerprint density at radius 2 is 2.00 bits per heavy atom. The molecule has 1 aromatic heterocycles. The van der Waals surface area contributed by atoms with E-state index in [-0.39, 0.29) is 11.9 Å². The van der Waals surface area contributed by atoms with Crippen LogP contribution in [0.5, 0.6) is 0 Å². The molecule has 0 aromatic carbocycles. The quantitative estimate of drug-likeness (QED) is 0.621. The van der Waals surface area contributed by atoms with Gasteiger partial charge >= 0.3 is 0 Å². The zero-order valence-corrected chi connectivity index (χ0v) is 12.9. The highest BCUT2D eigenvalue weighted by Gasteiger charge is 2.51. The fourth-order valence-corrected chi connectivity index (χ4v) is 3.29. The summed E-state index contributed by atoms with van der Waals surface area (Å²) in [7, 11) is 1.63. The summed E-state index contributed by atoms with van der Waals surface area (Å²) in [5.41, 5.74) is 1.09. The van der Waals surface area contributed by atoms with Crippen LogP contribution in [0.3, 0.4) is 0 Å². The summed E-state index contributed by atoms with van der Waals surface area (Å²) < 4.78 is 10.8. The predicted octanol–water partition coefficient (Wildman–Crippen LogP) is 0.749. The molecule has 2 saturated heterocycles. The molecule has 2 aliphatic rings. The molecule has 0 aliphatic carbocycles. The minimum absolute atomic E-state index is 0.00421. The molecule has 3 rings (SSSR count). The normalized spacial score (nSPS) is 26.0. The summed E-state index contributed by atoms with van der Waals surface area (Å²) in [5, 5.41) is 3.34. The Labute approximate surface area is 130 Å². The first-order chi connectivity index (χ1) is 10.8. The lowest BCUT2D eigenvalue weighted by Gasteiger charge is -2.51. The maximum atomic E-state index is 12.6. The summed E-state index contributed by atoms with van der Waals surface area (Å²) in [6.07, 6.45) is 5.14. The first kappa shape index (κ1) is 15.4. The number of carbonyl (C=O) groups is 1. The average molecular weight is 305 g/mol. The van der Waals surface area contributed by atoms with Crippen LogP contribution in [0.4, 0.5) is 0 Å². The van der Waals surface area contributed by atoms with Gasteiger partial charge in [0.2, 0.25) is 0 Å². The molecule has 2 atom stereocenters. The first-order valence-corrected chi connectivity index (χ1v) is 7.86. The lowest BCUT2D eigenvalue weighted by Crippen LogP contribution is -2.64. The number of rotatable bonds is 6. The molecule has 0 bridgehead atoms. The number of ether oxygens (including phenoxy) is 2. The number of amides is 1. The second-order valence-corrected chi connectivity index (χ2v) is 5.74. The Kier molecular flexibility index (Phi) is 5.02. The molecular weight excluding hydrogens is 282 g/mol. The monoisotopic (exact) mass is 305 g/mol. The van der Waals surface area contributed by atoms with E-state index in [1.54, 1.807) is 19.5 Å². The van der Waals surface area contributed by atoms with Gasteiger partial charge in [-0.05, 0) is 43.6 Å². The Balaban J connectivity index is 1.75. The molecular formula is C16H23N3O3. The van der Waals surface area contributed by atoms with Gasteiger partial charge in [0, 0.05) is 25.5 Å². The number of nitrogens with one attached hydrogen (secondary N) is 1. The molecule has 6 heteroatoms. The van der Waals surface area contributed by atoms with E-state index < -0.39 is 6.10 Å². The Bertz CT molecular complexity index is 491. The zero-order valence-electron chi connectivity index (χ0n) is 12.9. The number of β-lactam (4-membered cyclic amide) rings is 1. The highest BCUT2D eigenvalue weighted by atomic mass is 16.5. The average Bonchev–Trinajstić information content (AvgIpc) is 2.58. The maximum absolute atomic E-state index is 12.6. The summed E-state index contributed by atoms with van der Waals surface area (Å²) in [5.74, 6) is 0.102. The van der Waals surface area contributed by atoms with Gasteiger partial charge in [-0.15, -0.1) is 0 Å². The molecule has 120 valence electrons. The van der Waals surface area contributed by atoms with Gasteiger partial charge in [0.15, 0.2) is 6.10 Å². The van der Waals surface area contributed by atoms with E-state index >= 15 is 0 Å². The Morgan fingerprint density at radius 3 is 2.68 bits per heavy atom. The topological polar surface area (TPSA) is 63.7 Å². The first-order valence-electron chi connectivity index (χ1n) is 7.86. The summed E-state index contributed by atoms with van der Waals surface area (Å²) >= 11 is 0. The van der Waals surface area contributed by atoms with Gasteiger partial charge in [-0.1, -0.05) is 0 Å². The van der Waals surface area contributed by atoms with Crippen LogP contribution in [0.25, 0.3) is 0 Å². The molecule has 0 saturated carbocycles. The van der Waals surface area contributed by atoms with Crippen molar-refractivity contribution in [2.45, 2.75) is 31.0 Å². The van der Waals surface area contributed by atoms with Gasteiger partial charge in [-0.25, -0.2) is 0 Å². The Hall–Kier alpha value is -1.50. The number of methoxy groups -OCH3 is 1. The van der Waals surface area contributed by atoms with Crippen LogP contribution in [-0.2, 0) is 14.3 Å². The molecule has 3 heterocycles. The van der Waals surface area contributed by atoms with Crippen LogP contribution in [0, 0.1) is 0 Å². The highest BCUT2D eigenvalue weighted by Crippen LogP contribution is 2.40. The van der Waals surface area contributed by atoms with Crippen molar-refractivity contribution in [2.75, 3.05) is 33.4 Å². The van der Waals surface area contributed by atoms with Crippen LogP contribution in [-0.4, -0.2) is 61.3 Å². The van der Waals surface area contributed by atoms with E-state index in [0.717, 1.165) is 31.5 Å². The van der Waals surface area contributed by atoms with Gasteiger partial charge in [-0.2, -0.15) is 0 Å².